The monoisotopic (exact) mass is 471 g/mol. The Morgan fingerprint density at radius 3 is 2.84 bits per heavy atom. The van der Waals surface area contributed by atoms with Crippen LogP contribution < -0.4 is 16.0 Å². The topological polar surface area (TPSA) is 118 Å². The zero-order chi connectivity index (χ0) is 22.3. The third kappa shape index (κ3) is 5.29. The Balaban J connectivity index is 1.51. The number of benzene rings is 1. The molecule has 0 radical (unpaired) electrons. The van der Waals surface area contributed by atoms with Crippen molar-refractivity contribution >= 4 is 40.2 Å². The maximum absolute atomic E-state index is 12.8. The van der Waals surface area contributed by atoms with Crippen LogP contribution in [0.5, 0.6) is 0 Å². The fourth-order valence-electron chi connectivity index (χ4n) is 3.13. The third-order valence-corrected chi connectivity index (χ3v) is 6.56. The Morgan fingerprint density at radius 1 is 1.25 bits per heavy atom. The summed E-state index contributed by atoms with van der Waals surface area (Å²) < 4.78 is 11.3. The van der Waals surface area contributed by atoms with E-state index in [0.717, 1.165) is 11.3 Å². The zero-order valence-corrected chi connectivity index (χ0v) is 18.8. The van der Waals surface area contributed by atoms with Gasteiger partial charge in [-0.3, -0.25) is 0 Å². The molecule has 9 nitrogen and oxygen atoms in total. The predicted molar refractivity (Wildman–Crippen MR) is 121 cm³/mol. The van der Waals surface area contributed by atoms with E-state index in [2.05, 4.69) is 26.1 Å². The molecule has 0 spiro atoms. The molecule has 3 N–H and O–H groups in total. The fraction of sp³-hybridized carbons (Fsp3) is 0.238. The van der Waals surface area contributed by atoms with E-state index in [1.54, 1.807) is 13.2 Å². The van der Waals surface area contributed by atoms with Gasteiger partial charge >= 0.3 is 12.0 Å². The molecule has 2 amide bonds. The molecule has 2 aromatic heterocycles. The predicted octanol–water partition coefficient (Wildman–Crippen LogP) is 3.71. The molecule has 1 aliphatic rings. The molecule has 4 rings (SSSR count). The lowest BCUT2D eigenvalue weighted by molar-refractivity contribution is -0.139. The van der Waals surface area contributed by atoms with E-state index < -0.39 is 12.0 Å². The zero-order valence-electron chi connectivity index (χ0n) is 17.2. The third-order valence-electron chi connectivity index (χ3n) is 4.52. The lowest BCUT2D eigenvalue weighted by atomic mass is 9.95. The molecular weight excluding hydrogens is 450 g/mol. The van der Waals surface area contributed by atoms with Crippen LogP contribution in [-0.2, 0) is 16.1 Å². The normalized spacial score (nSPS) is 15.8. The number of urea groups is 1. The summed E-state index contributed by atoms with van der Waals surface area (Å²) in [4.78, 5) is 25.1. The van der Waals surface area contributed by atoms with E-state index in [1.165, 1.54) is 23.1 Å². The number of anilines is 1. The minimum Gasteiger partial charge on any atom is -0.467 e. The lowest BCUT2D eigenvalue weighted by Crippen LogP contribution is -2.46. The number of esters is 1. The van der Waals surface area contributed by atoms with E-state index in [4.69, 9.17) is 9.15 Å². The van der Waals surface area contributed by atoms with Gasteiger partial charge < -0.3 is 25.1 Å². The number of rotatable bonds is 9. The van der Waals surface area contributed by atoms with Crippen molar-refractivity contribution in [1.82, 2.24) is 20.8 Å². The van der Waals surface area contributed by atoms with E-state index in [9.17, 15) is 9.59 Å². The van der Waals surface area contributed by atoms with Crippen molar-refractivity contribution in [2.75, 3.05) is 17.7 Å². The van der Waals surface area contributed by atoms with Gasteiger partial charge in [0.05, 0.1) is 31.0 Å². The highest BCUT2D eigenvalue weighted by atomic mass is 32.2. The average molecular weight is 472 g/mol. The first kappa shape index (κ1) is 21.9. The number of thioether (sulfide) groups is 1. The van der Waals surface area contributed by atoms with Gasteiger partial charge in [-0.25, -0.2) is 9.59 Å². The van der Waals surface area contributed by atoms with Crippen molar-refractivity contribution in [3.8, 4) is 0 Å². The molecule has 3 aromatic rings. The van der Waals surface area contributed by atoms with Gasteiger partial charge in [0.1, 0.15) is 5.76 Å². The van der Waals surface area contributed by atoms with Crippen LogP contribution in [0.2, 0.25) is 0 Å². The molecule has 1 atom stereocenters. The maximum atomic E-state index is 12.8. The Bertz CT molecular complexity index is 1100. The molecular formula is C21H21N5O4S2. The molecule has 1 unspecified atom stereocenters. The number of ether oxygens (including phenoxy) is 1. The number of hydrogen-bond acceptors (Lipinski definition) is 9. The highest BCUT2D eigenvalue weighted by molar-refractivity contribution is 8.01. The van der Waals surface area contributed by atoms with Crippen molar-refractivity contribution in [3.05, 3.63) is 71.3 Å². The molecule has 0 saturated heterocycles. The minimum atomic E-state index is -0.598. The second-order valence-corrected chi connectivity index (χ2v) is 8.85. The van der Waals surface area contributed by atoms with Crippen LogP contribution in [0.3, 0.4) is 0 Å². The van der Waals surface area contributed by atoms with Crippen LogP contribution in [-0.4, -0.2) is 34.6 Å². The van der Waals surface area contributed by atoms with Crippen LogP contribution >= 0.6 is 23.1 Å². The highest BCUT2D eigenvalue weighted by Crippen LogP contribution is 2.32. The second kappa shape index (κ2) is 10.3. The van der Waals surface area contributed by atoms with E-state index in [0.29, 0.717) is 33.0 Å². The van der Waals surface area contributed by atoms with Crippen molar-refractivity contribution < 1.29 is 18.7 Å². The summed E-state index contributed by atoms with van der Waals surface area (Å²) in [7, 11) is 0. The first-order chi connectivity index (χ1) is 15.6. The molecule has 166 valence electrons. The number of furan rings is 1. The number of hydrogen-bond donors (Lipinski definition) is 3. The van der Waals surface area contributed by atoms with Gasteiger partial charge in [-0.2, -0.15) is 0 Å². The summed E-state index contributed by atoms with van der Waals surface area (Å²) in [6.07, 6.45) is 1.61. The number of nitrogens with one attached hydrogen (secondary N) is 3. The van der Waals surface area contributed by atoms with Gasteiger partial charge in [-0.1, -0.05) is 53.4 Å². The number of carbonyl (C=O) groups excluding carboxylic acids is 2. The SMILES string of the molecule is CCOC(=O)C1=C(CSc2nnc(NCc3ccco3)s2)NC(=O)NC1c1ccccc1. The van der Waals surface area contributed by atoms with E-state index in [1.807, 2.05) is 42.5 Å². The van der Waals surface area contributed by atoms with Gasteiger partial charge in [-0.15, -0.1) is 10.2 Å². The first-order valence-corrected chi connectivity index (χ1v) is 11.7. The van der Waals surface area contributed by atoms with Crippen LogP contribution in [0, 0.1) is 0 Å². The molecule has 0 fully saturated rings. The first-order valence-electron chi connectivity index (χ1n) is 9.89. The molecule has 32 heavy (non-hydrogen) atoms. The van der Waals surface area contributed by atoms with Crippen LogP contribution in [0.15, 0.2) is 68.8 Å². The summed E-state index contributed by atoms with van der Waals surface area (Å²) in [6.45, 7) is 2.49. The van der Waals surface area contributed by atoms with Crippen LogP contribution in [0.25, 0.3) is 0 Å². The standard InChI is InChI=1S/C21H21N5O4S2/c1-2-29-18(27)16-15(23-19(28)24-17(16)13-7-4-3-5-8-13)12-31-21-26-25-20(32-21)22-11-14-9-6-10-30-14/h3-10,17H,2,11-12H2,1H3,(H,22,25)(H2,23,24,28). The highest BCUT2D eigenvalue weighted by Gasteiger charge is 2.33. The van der Waals surface area contributed by atoms with Crippen LogP contribution in [0.4, 0.5) is 9.93 Å². The van der Waals surface area contributed by atoms with Crippen molar-refractivity contribution in [3.63, 3.8) is 0 Å². The van der Waals surface area contributed by atoms with Crippen molar-refractivity contribution in [1.29, 1.82) is 0 Å². The summed E-state index contributed by atoms with van der Waals surface area (Å²) >= 11 is 2.76. The number of carbonyl (C=O) groups is 2. The molecule has 11 heteroatoms. The van der Waals surface area contributed by atoms with Gasteiger partial charge in [0.25, 0.3) is 0 Å². The molecule has 0 aliphatic carbocycles. The smallest absolute Gasteiger partial charge is 0.338 e. The fourth-order valence-corrected chi connectivity index (χ4v) is 4.84. The number of aromatic nitrogens is 2. The van der Waals surface area contributed by atoms with E-state index in [-0.39, 0.29) is 12.6 Å². The Hall–Kier alpha value is -3.31. The van der Waals surface area contributed by atoms with Crippen molar-refractivity contribution in [2.24, 2.45) is 0 Å². The van der Waals surface area contributed by atoms with E-state index >= 15 is 0 Å². The molecule has 1 aliphatic heterocycles. The molecule has 0 bridgehead atoms. The second-order valence-electron chi connectivity index (χ2n) is 6.65. The number of amides is 2. The van der Waals surface area contributed by atoms with Gasteiger partial charge in [0.15, 0.2) is 4.34 Å². The molecule has 3 heterocycles. The Labute approximate surface area is 192 Å². The van der Waals surface area contributed by atoms with Crippen LogP contribution in [0.1, 0.15) is 24.3 Å². The largest absolute Gasteiger partial charge is 0.467 e. The summed E-state index contributed by atoms with van der Waals surface area (Å²) in [5, 5.41) is 17.7. The summed E-state index contributed by atoms with van der Waals surface area (Å²) in [5.74, 6) is 0.656. The van der Waals surface area contributed by atoms with Crippen molar-refractivity contribution in [2.45, 2.75) is 23.8 Å². The minimum absolute atomic E-state index is 0.235. The van der Waals surface area contributed by atoms with Gasteiger partial charge in [0.2, 0.25) is 5.13 Å². The quantitative estimate of drug-likeness (QED) is 0.319. The maximum Gasteiger partial charge on any atom is 0.338 e. The Kier molecular flexibility index (Phi) is 7.07. The van der Waals surface area contributed by atoms with Gasteiger partial charge in [0, 0.05) is 11.4 Å². The Morgan fingerprint density at radius 2 is 2.09 bits per heavy atom. The average Bonchev–Trinajstić information content (AvgIpc) is 3.48. The van der Waals surface area contributed by atoms with Gasteiger partial charge in [-0.05, 0) is 24.6 Å². The molecule has 0 saturated carbocycles. The summed E-state index contributed by atoms with van der Waals surface area (Å²) in [5.41, 5.74) is 1.67. The number of nitrogens with zero attached hydrogens (tertiary/aromatic N) is 2. The summed E-state index contributed by atoms with van der Waals surface area (Å²) in [6, 6.07) is 12.0. The lowest BCUT2D eigenvalue weighted by Gasteiger charge is -2.29. The molecule has 1 aromatic carbocycles.